The standard InChI is InChI=1S/C12H22N6O2S/c1-21(19,20)13-6-7-18-12(14-15-16-18)17-8-10-4-2-3-5-11(10)9-17/h10-11,13H,2-9H2,1H3/t10-,11+. The van der Waals surface area contributed by atoms with Gasteiger partial charge in [0.05, 0.1) is 12.8 Å². The van der Waals surface area contributed by atoms with Gasteiger partial charge >= 0.3 is 0 Å². The molecular formula is C12H22N6O2S. The highest BCUT2D eigenvalue weighted by atomic mass is 32.2. The summed E-state index contributed by atoms with van der Waals surface area (Å²) >= 11 is 0. The molecule has 0 radical (unpaired) electrons. The molecule has 0 aromatic carbocycles. The molecule has 1 saturated heterocycles. The number of sulfonamides is 1. The molecule has 9 heteroatoms. The van der Waals surface area contributed by atoms with E-state index in [1.807, 2.05) is 0 Å². The van der Waals surface area contributed by atoms with Crippen molar-refractivity contribution in [1.82, 2.24) is 24.9 Å². The molecule has 3 rings (SSSR count). The van der Waals surface area contributed by atoms with Crippen LogP contribution in [0.1, 0.15) is 25.7 Å². The Kier molecular flexibility index (Phi) is 4.12. The van der Waals surface area contributed by atoms with Crippen molar-refractivity contribution >= 4 is 16.0 Å². The van der Waals surface area contributed by atoms with Crippen LogP contribution in [-0.2, 0) is 16.6 Å². The van der Waals surface area contributed by atoms with Crippen molar-refractivity contribution in [3.63, 3.8) is 0 Å². The van der Waals surface area contributed by atoms with Crippen LogP contribution in [0.25, 0.3) is 0 Å². The molecule has 2 aliphatic rings. The van der Waals surface area contributed by atoms with Gasteiger partial charge in [0, 0.05) is 19.6 Å². The van der Waals surface area contributed by atoms with Crippen LogP contribution in [-0.4, -0.2) is 54.5 Å². The van der Waals surface area contributed by atoms with Crippen LogP contribution in [0.2, 0.25) is 0 Å². The molecule has 2 fully saturated rings. The summed E-state index contributed by atoms with van der Waals surface area (Å²) in [5, 5.41) is 11.8. The first-order valence-corrected chi connectivity index (χ1v) is 9.38. The molecule has 0 bridgehead atoms. The Hall–Kier alpha value is -1.22. The second-order valence-corrected chi connectivity index (χ2v) is 7.91. The summed E-state index contributed by atoms with van der Waals surface area (Å²) in [6.07, 6.45) is 6.42. The van der Waals surface area contributed by atoms with Gasteiger partial charge in [-0.3, -0.25) is 0 Å². The highest BCUT2D eigenvalue weighted by Gasteiger charge is 2.36. The summed E-state index contributed by atoms with van der Waals surface area (Å²) in [5.74, 6) is 2.29. The summed E-state index contributed by atoms with van der Waals surface area (Å²) < 4.78 is 26.3. The highest BCUT2D eigenvalue weighted by molar-refractivity contribution is 7.88. The van der Waals surface area contributed by atoms with Gasteiger partial charge in [-0.05, 0) is 35.1 Å². The second-order valence-electron chi connectivity index (χ2n) is 6.08. The van der Waals surface area contributed by atoms with E-state index in [1.165, 1.54) is 25.7 Å². The Bertz CT molecular complexity index is 572. The van der Waals surface area contributed by atoms with E-state index < -0.39 is 10.0 Å². The van der Waals surface area contributed by atoms with Gasteiger partial charge in [0.15, 0.2) is 0 Å². The molecule has 2 heterocycles. The van der Waals surface area contributed by atoms with E-state index in [0.717, 1.165) is 37.1 Å². The number of anilines is 1. The molecule has 0 spiro atoms. The average Bonchev–Trinajstić information content (AvgIpc) is 3.02. The number of aromatic nitrogens is 4. The number of nitrogens with one attached hydrogen (secondary N) is 1. The summed E-state index contributed by atoms with van der Waals surface area (Å²) in [7, 11) is -3.17. The van der Waals surface area contributed by atoms with E-state index in [0.29, 0.717) is 13.1 Å². The van der Waals surface area contributed by atoms with Crippen LogP contribution in [0.5, 0.6) is 0 Å². The Morgan fingerprint density at radius 1 is 1.24 bits per heavy atom. The Morgan fingerprint density at radius 2 is 1.90 bits per heavy atom. The lowest BCUT2D eigenvalue weighted by Crippen LogP contribution is -2.29. The lowest BCUT2D eigenvalue weighted by atomic mass is 9.82. The van der Waals surface area contributed by atoms with Crippen molar-refractivity contribution in [3.05, 3.63) is 0 Å². The maximum absolute atomic E-state index is 11.1. The number of nitrogens with zero attached hydrogens (tertiary/aromatic N) is 5. The smallest absolute Gasteiger partial charge is 0.245 e. The molecule has 0 unspecified atom stereocenters. The van der Waals surface area contributed by atoms with Gasteiger partial charge in [0.1, 0.15) is 0 Å². The predicted octanol–water partition coefficient (Wildman–Crippen LogP) is -0.151. The lowest BCUT2D eigenvalue weighted by Gasteiger charge is -2.22. The van der Waals surface area contributed by atoms with Crippen LogP contribution >= 0.6 is 0 Å². The molecule has 1 aliphatic carbocycles. The van der Waals surface area contributed by atoms with Crippen LogP contribution in [0.15, 0.2) is 0 Å². The fourth-order valence-electron chi connectivity index (χ4n) is 3.48. The molecule has 8 nitrogen and oxygen atoms in total. The highest BCUT2D eigenvalue weighted by Crippen LogP contribution is 2.37. The predicted molar refractivity (Wildman–Crippen MR) is 78.3 cm³/mol. The fourth-order valence-corrected chi connectivity index (χ4v) is 3.94. The number of tetrazole rings is 1. The van der Waals surface area contributed by atoms with Gasteiger partial charge in [-0.15, -0.1) is 0 Å². The van der Waals surface area contributed by atoms with E-state index in [-0.39, 0.29) is 0 Å². The summed E-state index contributed by atoms with van der Waals surface area (Å²) in [5.41, 5.74) is 0. The largest absolute Gasteiger partial charge is 0.339 e. The van der Waals surface area contributed by atoms with E-state index in [9.17, 15) is 8.42 Å². The maximum Gasteiger partial charge on any atom is 0.245 e. The zero-order chi connectivity index (χ0) is 14.9. The zero-order valence-electron chi connectivity index (χ0n) is 12.3. The Morgan fingerprint density at radius 3 is 2.52 bits per heavy atom. The minimum absolute atomic E-state index is 0.303. The van der Waals surface area contributed by atoms with Crippen LogP contribution in [0.4, 0.5) is 5.95 Å². The first-order valence-electron chi connectivity index (χ1n) is 7.49. The monoisotopic (exact) mass is 314 g/mol. The van der Waals surface area contributed by atoms with Gasteiger partial charge in [-0.1, -0.05) is 17.9 Å². The van der Waals surface area contributed by atoms with Gasteiger partial charge in [0.2, 0.25) is 16.0 Å². The Balaban J connectivity index is 1.63. The summed E-state index contributed by atoms with van der Waals surface area (Å²) in [6, 6.07) is 0. The van der Waals surface area contributed by atoms with Gasteiger partial charge < -0.3 is 4.90 Å². The molecule has 0 amide bonds. The quantitative estimate of drug-likeness (QED) is 0.812. The third-order valence-electron chi connectivity index (χ3n) is 4.46. The molecule has 1 aromatic rings. The second kappa shape index (κ2) is 5.88. The molecule has 1 saturated carbocycles. The minimum atomic E-state index is -3.17. The first kappa shape index (κ1) is 14.7. The van der Waals surface area contributed by atoms with Gasteiger partial charge in [-0.25, -0.2) is 17.8 Å². The average molecular weight is 314 g/mol. The molecule has 21 heavy (non-hydrogen) atoms. The Labute approximate surface area is 124 Å². The first-order chi connectivity index (χ1) is 10.0. The molecule has 118 valence electrons. The van der Waals surface area contributed by atoms with E-state index in [1.54, 1.807) is 4.68 Å². The molecular weight excluding hydrogens is 292 g/mol. The molecule has 1 aliphatic heterocycles. The molecule has 1 N–H and O–H groups in total. The minimum Gasteiger partial charge on any atom is -0.339 e. The lowest BCUT2D eigenvalue weighted by molar-refractivity contribution is 0.299. The number of hydrogen-bond acceptors (Lipinski definition) is 6. The van der Waals surface area contributed by atoms with E-state index in [4.69, 9.17) is 0 Å². The van der Waals surface area contributed by atoms with Gasteiger partial charge in [-0.2, -0.15) is 0 Å². The third kappa shape index (κ3) is 3.52. The van der Waals surface area contributed by atoms with E-state index in [2.05, 4.69) is 25.1 Å². The van der Waals surface area contributed by atoms with Crippen molar-refractivity contribution in [2.24, 2.45) is 11.8 Å². The fraction of sp³-hybridized carbons (Fsp3) is 0.917. The normalized spacial score (nSPS) is 26.0. The SMILES string of the molecule is CS(=O)(=O)NCCn1nnnc1N1C[C@H]2CCCC[C@H]2C1. The molecule has 2 atom stereocenters. The molecule has 1 aromatic heterocycles. The van der Waals surface area contributed by atoms with E-state index >= 15 is 0 Å². The van der Waals surface area contributed by atoms with Crippen molar-refractivity contribution in [2.45, 2.75) is 32.2 Å². The number of rotatable bonds is 5. The van der Waals surface area contributed by atoms with Crippen molar-refractivity contribution in [1.29, 1.82) is 0 Å². The summed E-state index contributed by atoms with van der Waals surface area (Å²) in [6.45, 7) is 2.79. The van der Waals surface area contributed by atoms with Crippen LogP contribution in [0, 0.1) is 11.8 Å². The summed E-state index contributed by atoms with van der Waals surface area (Å²) in [4.78, 5) is 2.25. The maximum atomic E-state index is 11.1. The zero-order valence-corrected chi connectivity index (χ0v) is 13.1. The number of fused-ring (bicyclic) bond motifs is 1. The van der Waals surface area contributed by atoms with Crippen LogP contribution in [0.3, 0.4) is 0 Å². The van der Waals surface area contributed by atoms with Crippen molar-refractivity contribution < 1.29 is 8.42 Å². The third-order valence-corrected chi connectivity index (χ3v) is 5.19. The van der Waals surface area contributed by atoms with Crippen LogP contribution < -0.4 is 9.62 Å². The number of hydrogen-bond donors (Lipinski definition) is 1. The van der Waals surface area contributed by atoms with Gasteiger partial charge in [0.25, 0.3) is 0 Å². The topological polar surface area (TPSA) is 93.0 Å². The van der Waals surface area contributed by atoms with Crippen molar-refractivity contribution in [2.75, 3.05) is 30.8 Å². The van der Waals surface area contributed by atoms with Crippen molar-refractivity contribution in [3.8, 4) is 0 Å².